The minimum atomic E-state index is -4.99. The third kappa shape index (κ3) is 4.18. The normalized spacial score (nSPS) is 27.0. The zero-order chi connectivity index (χ0) is 27.1. The Balaban J connectivity index is 1.41. The molecular formula is C27H26Cl2F3N3O3. The summed E-state index contributed by atoms with van der Waals surface area (Å²) >= 11 is 12.3. The zero-order valence-corrected chi connectivity index (χ0v) is 21.8. The van der Waals surface area contributed by atoms with Crippen molar-refractivity contribution < 1.29 is 27.9 Å². The summed E-state index contributed by atoms with van der Waals surface area (Å²) in [5.74, 6) is -1.99. The first-order valence-corrected chi connectivity index (χ1v) is 13.5. The molecule has 0 aromatic heterocycles. The molecule has 1 heterocycles. The molecule has 1 aliphatic heterocycles. The molecule has 3 fully saturated rings. The monoisotopic (exact) mass is 567 g/mol. The van der Waals surface area contributed by atoms with E-state index < -0.39 is 40.3 Å². The van der Waals surface area contributed by atoms with Crippen molar-refractivity contribution in [2.24, 2.45) is 11.7 Å². The van der Waals surface area contributed by atoms with E-state index in [9.17, 15) is 27.9 Å². The number of rotatable bonds is 7. The number of carbonyl (C=O) groups is 2. The van der Waals surface area contributed by atoms with Gasteiger partial charge in [-0.05, 0) is 68.7 Å². The van der Waals surface area contributed by atoms with E-state index in [-0.39, 0.29) is 33.8 Å². The fourth-order valence-electron chi connectivity index (χ4n) is 6.20. The fourth-order valence-corrected chi connectivity index (χ4v) is 6.75. The minimum absolute atomic E-state index is 0.0337. The number of aliphatic hydroxyl groups is 1. The number of nitrogens with two attached hydrogens (primary N) is 1. The quantitative estimate of drug-likeness (QED) is 0.487. The summed E-state index contributed by atoms with van der Waals surface area (Å²) in [6.45, 7) is 0.110. The Kier molecular flexibility index (Phi) is 6.03. The van der Waals surface area contributed by atoms with Crippen molar-refractivity contribution in [1.29, 1.82) is 0 Å². The smallest absolute Gasteiger partial charge is 0.372 e. The Hall–Kier alpha value is -2.33. The first-order chi connectivity index (χ1) is 17.9. The third-order valence-corrected chi connectivity index (χ3v) is 8.79. The van der Waals surface area contributed by atoms with E-state index in [0.29, 0.717) is 24.2 Å². The van der Waals surface area contributed by atoms with Crippen LogP contribution in [0, 0.1) is 5.92 Å². The van der Waals surface area contributed by atoms with Crippen molar-refractivity contribution in [3.8, 4) is 0 Å². The molecule has 4 aliphatic rings. The van der Waals surface area contributed by atoms with Gasteiger partial charge in [-0.15, -0.1) is 0 Å². The van der Waals surface area contributed by atoms with E-state index in [1.807, 2.05) is 0 Å². The largest absolute Gasteiger partial charge is 0.416 e. The lowest BCUT2D eigenvalue weighted by molar-refractivity contribution is -0.142. The number of halogens is 5. The molecule has 11 heteroatoms. The van der Waals surface area contributed by atoms with Gasteiger partial charge in [-0.25, -0.2) is 0 Å². The standard InChI is InChI=1S/C27H26Cl2F3N3O3/c28-15-1-6-19(21(29)11-15)26(38)23-20(27(30,31)32)9-14(24(33)36)10-22(23)34(25(26)37)12-13-7-18(8-13)35(16-2-3-16)17-4-5-17/h1,6,9-11,13,16-18,38H,2-5,7-8,12H2,(H2,33,36). The lowest BCUT2D eigenvalue weighted by Crippen LogP contribution is -2.51. The molecule has 1 unspecified atom stereocenters. The highest BCUT2D eigenvalue weighted by Gasteiger charge is 2.57. The zero-order valence-electron chi connectivity index (χ0n) is 20.3. The predicted octanol–water partition coefficient (Wildman–Crippen LogP) is 5.10. The van der Waals surface area contributed by atoms with E-state index in [4.69, 9.17) is 28.9 Å². The summed E-state index contributed by atoms with van der Waals surface area (Å²) in [6, 6.07) is 7.23. The number of hydrogen-bond acceptors (Lipinski definition) is 4. The summed E-state index contributed by atoms with van der Waals surface area (Å²) in [4.78, 5) is 29.6. The lowest BCUT2D eigenvalue weighted by atomic mass is 9.78. The Bertz CT molecular complexity index is 1330. The summed E-state index contributed by atoms with van der Waals surface area (Å²) < 4.78 is 43.1. The van der Waals surface area contributed by atoms with Gasteiger partial charge in [-0.3, -0.25) is 14.5 Å². The Labute approximate surface area is 227 Å². The molecule has 0 saturated heterocycles. The number of benzene rings is 2. The molecule has 202 valence electrons. The van der Waals surface area contributed by atoms with Crippen LogP contribution in [0.25, 0.3) is 0 Å². The number of anilines is 1. The Morgan fingerprint density at radius 2 is 1.71 bits per heavy atom. The molecule has 38 heavy (non-hydrogen) atoms. The molecule has 3 aliphatic carbocycles. The van der Waals surface area contributed by atoms with Crippen LogP contribution in [-0.4, -0.2) is 46.5 Å². The maximum absolute atomic E-state index is 14.4. The van der Waals surface area contributed by atoms with Gasteiger partial charge in [-0.1, -0.05) is 29.3 Å². The number of hydrogen-bond donors (Lipinski definition) is 2. The lowest BCUT2D eigenvalue weighted by Gasteiger charge is -2.45. The van der Waals surface area contributed by atoms with Crippen LogP contribution in [0.15, 0.2) is 30.3 Å². The van der Waals surface area contributed by atoms with Crippen molar-refractivity contribution in [3.05, 3.63) is 62.6 Å². The second-order valence-corrected chi connectivity index (χ2v) is 11.8. The summed E-state index contributed by atoms with van der Waals surface area (Å²) in [6.07, 6.45) is 1.42. The van der Waals surface area contributed by atoms with Crippen molar-refractivity contribution in [2.75, 3.05) is 11.4 Å². The number of nitrogens with zero attached hydrogens (tertiary/aromatic N) is 2. The molecule has 3 N–H and O–H groups in total. The summed E-state index contributed by atoms with van der Waals surface area (Å²) in [5.41, 5.74) is -0.128. The van der Waals surface area contributed by atoms with Crippen LogP contribution in [-0.2, 0) is 16.6 Å². The molecule has 6 nitrogen and oxygen atoms in total. The van der Waals surface area contributed by atoms with Gasteiger partial charge in [0, 0.05) is 51.4 Å². The van der Waals surface area contributed by atoms with Gasteiger partial charge < -0.3 is 15.7 Å². The summed E-state index contributed by atoms with van der Waals surface area (Å²) in [5, 5.41) is 11.9. The second-order valence-electron chi connectivity index (χ2n) is 10.9. The van der Waals surface area contributed by atoms with Crippen LogP contribution in [0.3, 0.4) is 0 Å². The topological polar surface area (TPSA) is 86.9 Å². The molecular weight excluding hydrogens is 542 g/mol. The number of amides is 2. The first-order valence-electron chi connectivity index (χ1n) is 12.7. The van der Waals surface area contributed by atoms with Crippen molar-refractivity contribution in [2.45, 2.75) is 68.4 Å². The molecule has 0 spiro atoms. The van der Waals surface area contributed by atoms with Crippen LogP contribution >= 0.6 is 23.2 Å². The number of carbonyl (C=O) groups excluding carboxylic acids is 2. The molecule has 0 bridgehead atoms. The summed E-state index contributed by atoms with van der Waals surface area (Å²) in [7, 11) is 0. The van der Waals surface area contributed by atoms with E-state index in [1.54, 1.807) is 0 Å². The van der Waals surface area contributed by atoms with Crippen LogP contribution in [0.5, 0.6) is 0 Å². The third-order valence-electron chi connectivity index (χ3n) is 8.25. The predicted molar refractivity (Wildman–Crippen MR) is 136 cm³/mol. The van der Waals surface area contributed by atoms with E-state index in [1.165, 1.54) is 48.8 Å². The molecule has 1 atom stereocenters. The van der Waals surface area contributed by atoms with Gasteiger partial charge in [0.2, 0.25) is 5.91 Å². The van der Waals surface area contributed by atoms with Crippen molar-refractivity contribution >= 4 is 40.7 Å². The van der Waals surface area contributed by atoms with Crippen LogP contribution < -0.4 is 10.6 Å². The highest BCUT2D eigenvalue weighted by atomic mass is 35.5. The first kappa shape index (κ1) is 25.9. The van der Waals surface area contributed by atoms with E-state index in [2.05, 4.69) is 4.90 Å². The Morgan fingerprint density at radius 3 is 2.24 bits per heavy atom. The minimum Gasteiger partial charge on any atom is -0.372 e. The van der Waals surface area contributed by atoms with E-state index in [0.717, 1.165) is 18.9 Å². The molecule has 2 aromatic rings. The maximum atomic E-state index is 14.4. The van der Waals surface area contributed by atoms with Crippen LogP contribution in [0.2, 0.25) is 10.0 Å². The van der Waals surface area contributed by atoms with Gasteiger partial charge in [0.15, 0.2) is 5.60 Å². The van der Waals surface area contributed by atoms with Gasteiger partial charge in [-0.2, -0.15) is 13.2 Å². The average molecular weight is 568 g/mol. The molecule has 2 amide bonds. The van der Waals surface area contributed by atoms with Crippen molar-refractivity contribution in [3.63, 3.8) is 0 Å². The van der Waals surface area contributed by atoms with Gasteiger partial charge in [0.1, 0.15) is 0 Å². The van der Waals surface area contributed by atoms with Gasteiger partial charge in [0.25, 0.3) is 5.91 Å². The fraction of sp³-hybridized carbons (Fsp3) is 0.481. The molecule has 6 rings (SSSR count). The molecule has 2 aromatic carbocycles. The number of fused-ring (bicyclic) bond motifs is 1. The van der Waals surface area contributed by atoms with Crippen LogP contribution in [0.1, 0.15) is 65.6 Å². The molecule has 3 saturated carbocycles. The number of primary amides is 1. The van der Waals surface area contributed by atoms with Crippen molar-refractivity contribution in [1.82, 2.24) is 4.90 Å². The maximum Gasteiger partial charge on any atom is 0.416 e. The second kappa shape index (κ2) is 8.84. The Morgan fingerprint density at radius 1 is 1.08 bits per heavy atom. The SMILES string of the molecule is NC(=O)c1cc2c(c(C(F)(F)F)c1)C(O)(c1ccc(Cl)cc1Cl)C(=O)N2CC1CC(N(C2CC2)C2CC2)C1. The van der Waals surface area contributed by atoms with E-state index >= 15 is 0 Å². The highest BCUT2D eigenvalue weighted by Crippen LogP contribution is 2.53. The average Bonchev–Trinajstić information content (AvgIpc) is 3.73. The molecule has 0 radical (unpaired) electrons. The van der Waals surface area contributed by atoms with Crippen LogP contribution in [0.4, 0.5) is 18.9 Å². The van der Waals surface area contributed by atoms with Gasteiger partial charge >= 0.3 is 6.18 Å². The van der Waals surface area contributed by atoms with Gasteiger partial charge in [0.05, 0.1) is 11.3 Å². The number of alkyl halides is 3. The highest BCUT2D eigenvalue weighted by molar-refractivity contribution is 6.35.